The molecule has 204 valence electrons. The monoisotopic (exact) mass is 628 g/mol. The summed E-state index contributed by atoms with van der Waals surface area (Å²) >= 11 is 24.0. The Labute approximate surface area is 238 Å². The molecule has 0 aromatic heterocycles. The third kappa shape index (κ3) is 6.21. The van der Waals surface area contributed by atoms with Gasteiger partial charge in [-0.1, -0.05) is 51.6 Å². The highest BCUT2D eigenvalue weighted by molar-refractivity contribution is 8.00. The number of oxime groups is 1. The number of halogens is 4. The molecule has 38 heavy (non-hydrogen) atoms. The van der Waals surface area contributed by atoms with Crippen molar-refractivity contribution in [2.75, 3.05) is 19.5 Å². The highest BCUT2D eigenvalue weighted by Crippen LogP contribution is 2.41. The number of carbonyl (C=O) groups is 5. The minimum Gasteiger partial charge on any atom is -0.506 e. The van der Waals surface area contributed by atoms with Gasteiger partial charge in [-0.15, -0.1) is 16.8 Å². The SMILES string of the molecule is CO/N=C(/C(=O)NN(C(=O)OCC1C(=O)N2C(C(=O)O)=CCSC12)C(=O)C(Cl)(Cl)Cl)c1ccc(O)c(Cl)c1. The van der Waals surface area contributed by atoms with E-state index in [1.165, 1.54) is 23.9 Å². The van der Waals surface area contributed by atoms with Gasteiger partial charge in [-0.25, -0.2) is 15.0 Å². The third-order valence-electron chi connectivity index (χ3n) is 5.02. The molecular formula is C20H16Cl4N4O9S. The number of hydrogen-bond donors (Lipinski definition) is 3. The number of nitrogens with one attached hydrogen (secondary N) is 1. The molecule has 13 nitrogen and oxygen atoms in total. The number of fused-ring (bicyclic) bond motifs is 1. The molecule has 0 saturated carbocycles. The molecule has 3 N–H and O–H groups in total. The van der Waals surface area contributed by atoms with Crippen LogP contribution in [0.25, 0.3) is 0 Å². The summed E-state index contributed by atoms with van der Waals surface area (Å²) in [6.07, 6.45) is -0.141. The summed E-state index contributed by atoms with van der Waals surface area (Å²) in [5.41, 5.74) is 1.22. The number of hydrogen-bond acceptors (Lipinski definition) is 10. The number of aliphatic carboxylic acids is 1. The molecule has 2 unspecified atom stereocenters. The fourth-order valence-corrected chi connectivity index (χ4v) is 4.97. The van der Waals surface area contributed by atoms with Gasteiger partial charge in [0.15, 0.2) is 5.71 Å². The molecule has 2 aliphatic rings. The van der Waals surface area contributed by atoms with Crippen molar-refractivity contribution >= 4 is 93.7 Å². The second-order valence-corrected chi connectivity index (χ2v) is 11.2. The van der Waals surface area contributed by atoms with Gasteiger partial charge in [0.2, 0.25) is 5.91 Å². The fourth-order valence-electron chi connectivity index (χ4n) is 3.30. The van der Waals surface area contributed by atoms with Crippen molar-refractivity contribution in [2.24, 2.45) is 11.1 Å². The molecule has 2 atom stereocenters. The predicted molar refractivity (Wildman–Crippen MR) is 136 cm³/mol. The van der Waals surface area contributed by atoms with Crippen molar-refractivity contribution in [2.45, 2.75) is 9.17 Å². The molecule has 3 rings (SSSR count). The average Bonchev–Trinajstić information content (AvgIpc) is 2.85. The van der Waals surface area contributed by atoms with Crippen LogP contribution in [0.5, 0.6) is 5.75 Å². The number of rotatable bonds is 6. The van der Waals surface area contributed by atoms with Crippen LogP contribution in [0.3, 0.4) is 0 Å². The number of β-lactam (4-membered cyclic amide) rings is 1. The summed E-state index contributed by atoms with van der Waals surface area (Å²) in [5.74, 6) is -5.58. The standard InChI is InChI=1S/C20H16Cl4N4O9S/c1-36-26-13(8-2-3-12(29)10(21)6-8)14(30)25-28(18(34)20(22,23)24)19(35)37-7-9-15(31)27-11(17(32)33)4-5-38-16(9)27/h2-4,6,9,16,29H,5,7H2,1H3,(H,25,30)(H,32,33)/b26-13+. The highest BCUT2D eigenvalue weighted by atomic mass is 35.6. The van der Waals surface area contributed by atoms with Gasteiger partial charge < -0.3 is 19.8 Å². The lowest BCUT2D eigenvalue weighted by molar-refractivity contribution is -0.154. The van der Waals surface area contributed by atoms with Crippen LogP contribution >= 0.6 is 58.2 Å². The van der Waals surface area contributed by atoms with E-state index < -0.39 is 57.2 Å². The van der Waals surface area contributed by atoms with Crippen molar-refractivity contribution in [3.63, 3.8) is 0 Å². The number of alkyl halides is 3. The lowest BCUT2D eigenvalue weighted by atomic mass is 9.97. The molecule has 2 aliphatic heterocycles. The Hall–Kier alpha value is -2.91. The van der Waals surface area contributed by atoms with E-state index in [9.17, 15) is 34.2 Å². The number of phenolic OH excluding ortho intramolecular Hbond substituents is 1. The molecule has 1 aromatic rings. The first-order valence-electron chi connectivity index (χ1n) is 10.1. The topological polar surface area (TPSA) is 175 Å². The molecule has 1 aromatic carbocycles. The molecule has 2 heterocycles. The summed E-state index contributed by atoms with van der Waals surface area (Å²) in [5, 5.41) is 21.6. The van der Waals surface area contributed by atoms with E-state index in [2.05, 4.69) is 9.99 Å². The van der Waals surface area contributed by atoms with Crippen LogP contribution in [0.15, 0.2) is 35.1 Å². The van der Waals surface area contributed by atoms with Crippen LogP contribution < -0.4 is 5.43 Å². The van der Waals surface area contributed by atoms with Gasteiger partial charge in [-0.2, -0.15) is 0 Å². The van der Waals surface area contributed by atoms with Gasteiger partial charge in [0.25, 0.3) is 9.70 Å². The number of aromatic hydroxyl groups is 1. The Morgan fingerprint density at radius 1 is 1.29 bits per heavy atom. The van der Waals surface area contributed by atoms with Crippen molar-refractivity contribution in [3.8, 4) is 5.75 Å². The maximum atomic E-state index is 12.9. The maximum Gasteiger partial charge on any atom is 0.436 e. The molecule has 0 bridgehead atoms. The van der Waals surface area contributed by atoms with Crippen LogP contribution in [0.4, 0.5) is 4.79 Å². The summed E-state index contributed by atoms with van der Waals surface area (Å²) in [6, 6.07) is 3.55. The number of nitrogens with zero attached hydrogens (tertiary/aromatic N) is 3. The maximum absolute atomic E-state index is 12.9. The molecule has 0 radical (unpaired) electrons. The fraction of sp³-hybridized carbons (Fsp3) is 0.300. The summed E-state index contributed by atoms with van der Waals surface area (Å²) in [6.45, 7) is -0.579. The largest absolute Gasteiger partial charge is 0.506 e. The highest BCUT2D eigenvalue weighted by Gasteiger charge is 2.53. The first-order chi connectivity index (χ1) is 17.8. The normalized spacial score (nSPS) is 19.0. The zero-order valence-corrected chi connectivity index (χ0v) is 22.7. The van der Waals surface area contributed by atoms with Crippen LogP contribution in [0.2, 0.25) is 5.02 Å². The van der Waals surface area contributed by atoms with Gasteiger partial charge >= 0.3 is 18.0 Å². The number of phenols is 1. The lowest BCUT2D eigenvalue weighted by Gasteiger charge is -2.47. The van der Waals surface area contributed by atoms with Crippen molar-refractivity contribution < 1.29 is 43.8 Å². The van der Waals surface area contributed by atoms with Gasteiger partial charge in [0, 0.05) is 11.3 Å². The first kappa shape index (κ1) is 29.6. The quantitative estimate of drug-likeness (QED) is 0.183. The number of hydrazine groups is 1. The Balaban J connectivity index is 1.77. The minimum absolute atomic E-state index is 0.0126. The molecule has 0 spiro atoms. The molecule has 0 aliphatic carbocycles. The molecule has 1 saturated heterocycles. The van der Waals surface area contributed by atoms with Gasteiger partial charge in [0.05, 0.1) is 10.4 Å². The minimum atomic E-state index is -2.73. The number of ether oxygens (including phenoxy) is 1. The van der Waals surface area contributed by atoms with Crippen molar-refractivity contribution in [1.29, 1.82) is 0 Å². The number of thioether (sulfide) groups is 1. The predicted octanol–water partition coefficient (Wildman–Crippen LogP) is 2.26. The number of carboxylic acid groups (broad SMARTS) is 1. The Morgan fingerprint density at radius 2 is 1.97 bits per heavy atom. The second kappa shape index (κ2) is 11.9. The van der Waals surface area contributed by atoms with Crippen molar-refractivity contribution in [1.82, 2.24) is 15.3 Å². The second-order valence-electron chi connectivity index (χ2n) is 7.38. The number of carbonyl (C=O) groups excluding carboxylic acids is 4. The number of benzene rings is 1. The van der Waals surface area contributed by atoms with Crippen LogP contribution in [-0.2, 0) is 28.8 Å². The molecule has 18 heteroatoms. The summed E-state index contributed by atoms with van der Waals surface area (Å²) in [4.78, 5) is 67.9. The first-order valence-corrected chi connectivity index (χ1v) is 12.7. The van der Waals surface area contributed by atoms with E-state index in [1.807, 2.05) is 5.43 Å². The number of carboxylic acids is 1. The zero-order chi connectivity index (χ0) is 28.4. The van der Waals surface area contributed by atoms with E-state index in [4.69, 9.17) is 51.1 Å². The molecule has 4 amide bonds. The Kier molecular flexibility index (Phi) is 9.26. The van der Waals surface area contributed by atoms with Crippen LogP contribution in [-0.4, -0.2) is 84.3 Å². The van der Waals surface area contributed by atoms with Gasteiger partial charge in [-0.05, 0) is 24.3 Å². The molecule has 1 fully saturated rings. The lowest BCUT2D eigenvalue weighted by Crippen LogP contribution is -2.62. The summed E-state index contributed by atoms with van der Waals surface area (Å²) in [7, 11) is 1.11. The smallest absolute Gasteiger partial charge is 0.436 e. The van der Waals surface area contributed by atoms with Crippen LogP contribution in [0, 0.1) is 5.92 Å². The molecular weight excluding hydrogens is 614 g/mol. The number of amides is 4. The summed E-state index contributed by atoms with van der Waals surface area (Å²) < 4.78 is 2.32. The Bertz CT molecular complexity index is 1250. The average molecular weight is 630 g/mol. The zero-order valence-electron chi connectivity index (χ0n) is 18.9. The van der Waals surface area contributed by atoms with Gasteiger partial charge in [0.1, 0.15) is 31.1 Å². The number of imide groups is 1. The van der Waals surface area contributed by atoms with E-state index in [0.29, 0.717) is 5.75 Å². The van der Waals surface area contributed by atoms with Crippen molar-refractivity contribution in [3.05, 3.63) is 40.6 Å². The van der Waals surface area contributed by atoms with Crippen LogP contribution in [0.1, 0.15) is 5.56 Å². The van der Waals surface area contributed by atoms with E-state index in [1.54, 1.807) is 0 Å². The van der Waals surface area contributed by atoms with E-state index >= 15 is 0 Å². The third-order valence-corrected chi connectivity index (χ3v) is 7.05. The Morgan fingerprint density at radius 3 is 2.55 bits per heavy atom. The van der Waals surface area contributed by atoms with Gasteiger partial charge in [-0.3, -0.25) is 19.3 Å². The van der Waals surface area contributed by atoms with E-state index in [0.717, 1.165) is 24.1 Å². The van der Waals surface area contributed by atoms with E-state index in [-0.39, 0.29) is 27.0 Å².